The Hall–Kier alpha value is -2.40. The highest BCUT2D eigenvalue weighted by molar-refractivity contribution is 5.41. The van der Waals surface area contributed by atoms with E-state index in [1.54, 1.807) is 0 Å². The van der Waals surface area contributed by atoms with Crippen molar-refractivity contribution in [2.75, 3.05) is 0 Å². The minimum atomic E-state index is 0.333. The summed E-state index contributed by atoms with van der Waals surface area (Å²) in [6.07, 6.45) is 3.85. The Labute approximate surface area is 143 Å². The van der Waals surface area contributed by atoms with Crippen LogP contribution in [0.15, 0.2) is 42.7 Å². The van der Waals surface area contributed by atoms with Crippen molar-refractivity contribution in [2.45, 2.75) is 46.8 Å². The van der Waals surface area contributed by atoms with E-state index in [1.165, 1.54) is 16.9 Å². The van der Waals surface area contributed by atoms with Gasteiger partial charge in [0.15, 0.2) is 0 Å². The number of rotatable bonds is 6. The Kier molecular flexibility index (Phi) is 4.81. The smallest absolute Gasteiger partial charge is 0.110 e. The number of aromatic nitrogens is 4. The number of aryl methyl sites for hydroxylation is 3. The lowest BCUT2D eigenvalue weighted by Crippen LogP contribution is -2.31. The number of nitrogens with zero attached hydrogens (tertiary/aromatic N) is 4. The van der Waals surface area contributed by atoms with Gasteiger partial charge in [-0.25, -0.2) is 4.98 Å². The molecule has 0 fully saturated rings. The molecule has 3 aromatic rings. The number of nitrogens with one attached hydrogen (secondary N) is 1. The first-order chi connectivity index (χ1) is 11.5. The summed E-state index contributed by atoms with van der Waals surface area (Å²) in [6, 6.07) is 10.9. The third-order valence-corrected chi connectivity index (χ3v) is 4.27. The predicted molar refractivity (Wildman–Crippen MR) is 96.3 cm³/mol. The SMILES string of the molecule is Cc1cc(C)n(C[C@H](C)NCc2ccccc2-n2ccnc2C)n1. The molecule has 0 saturated carbocycles. The Balaban J connectivity index is 1.69. The number of benzene rings is 1. The quantitative estimate of drug-likeness (QED) is 0.758. The van der Waals surface area contributed by atoms with Crippen LogP contribution in [0.2, 0.25) is 0 Å². The molecule has 2 aromatic heterocycles. The maximum Gasteiger partial charge on any atom is 0.110 e. The molecular weight excluding hydrogens is 298 g/mol. The summed E-state index contributed by atoms with van der Waals surface area (Å²) < 4.78 is 4.20. The Bertz CT molecular complexity index is 815. The molecule has 0 saturated heterocycles. The van der Waals surface area contributed by atoms with Crippen LogP contribution >= 0.6 is 0 Å². The van der Waals surface area contributed by atoms with Crippen molar-refractivity contribution in [3.63, 3.8) is 0 Å². The van der Waals surface area contributed by atoms with E-state index < -0.39 is 0 Å². The number of imidazole rings is 1. The molecule has 1 N–H and O–H groups in total. The molecule has 0 spiro atoms. The molecule has 24 heavy (non-hydrogen) atoms. The molecule has 2 heterocycles. The maximum atomic E-state index is 4.54. The zero-order chi connectivity index (χ0) is 17.1. The first-order valence-corrected chi connectivity index (χ1v) is 8.37. The highest BCUT2D eigenvalue weighted by atomic mass is 15.3. The molecule has 0 radical (unpaired) electrons. The molecular formula is C19H25N5. The third kappa shape index (κ3) is 3.57. The predicted octanol–water partition coefficient (Wildman–Crippen LogP) is 3.17. The van der Waals surface area contributed by atoms with E-state index >= 15 is 0 Å². The fourth-order valence-corrected chi connectivity index (χ4v) is 3.00. The molecule has 5 heteroatoms. The largest absolute Gasteiger partial charge is 0.308 e. The molecule has 0 bridgehead atoms. The van der Waals surface area contributed by atoms with Crippen LogP contribution in [0, 0.1) is 20.8 Å². The highest BCUT2D eigenvalue weighted by Gasteiger charge is 2.10. The van der Waals surface area contributed by atoms with Gasteiger partial charge in [-0.15, -0.1) is 0 Å². The van der Waals surface area contributed by atoms with E-state index in [4.69, 9.17) is 0 Å². The van der Waals surface area contributed by atoms with Gasteiger partial charge in [-0.05, 0) is 45.4 Å². The Morgan fingerprint density at radius 3 is 2.62 bits per heavy atom. The van der Waals surface area contributed by atoms with Crippen LogP contribution in [0.4, 0.5) is 0 Å². The Morgan fingerprint density at radius 1 is 1.17 bits per heavy atom. The normalized spacial score (nSPS) is 12.5. The monoisotopic (exact) mass is 323 g/mol. The minimum absolute atomic E-state index is 0.333. The van der Waals surface area contributed by atoms with Crippen LogP contribution in [-0.2, 0) is 13.1 Å². The van der Waals surface area contributed by atoms with Gasteiger partial charge in [0.25, 0.3) is 0 Å². The van der Waals surface area contributed by atoms with Crippen molar-refractivity contribution in [3.8, 4) is 5.69 Å². The van der Waals surface area contributed by atoms with Gasteiger partial charge in [0.1, 0.15) is 5.82 Å². The second-order valence-electron chi connectivity index (χ2n) is 6.36. The summed E-state index contributed by atoms with van der Waals surface area (Å²) in [5, 5.41) is 8.15. The summed E-state index contributed by atoms with van der Waals surface area (Å²) in [5.41, 5.74) is 4.72. The van der Waals surface area contributed by atoms with Crippen molar-refractivity contribution < 1.29 is 0 Å². The molecule has 0 aliphatic heterocycles. The highest BCUT2D eigenvalue weighted by Crippen LogP contribution is 2.16. The van der Waals surface area contributed by atoms with Crippen LogP contribution in [0.5, 0.6) is 0 Å². The molecule has 0 aliphatic rings. The fraction of sp³-hybridized carbons (Fsp3) is 0.368. The van der Waals surface area contributed by atoms with Crippen LogP contribution in [0.25, 0.3) is 5.69 Å². The lowest BCUT2D eigenvalue weighted by molar-refractivity contribution is 0.443. The van der Waals surface area contributed by atoms with Crippen molar-refractivity contribution >= 4 is 0 Å². The van der Waals surface area contributed by atoms with Gasteiger partial charge < -0.3 is 9.88 Å². The molecule has 1 atom stereocenters. The lowest BCUT2D eigenvalue weighted by Gasteiger charge is -2.17. The van der Waals surface area contributed by atoms with Crippen LogP contribution in [0.1, 0.15) is 29.7 Å². The second-order valence-corrected chi connectivity index (χ2v) is 6.36. The summed E-state index contributed by atoms with van der Waals surface area (Å²) in [6.45, 7) is 10.0. The van der Waals surface area contributed by atoms with E-state index in [0.717, 1.165) is 24.6 Å². The topological polar surface area (TPSA) is 47.7 Å². The first kappa shape index (κ1) is 16.5. The van der Waals surface area contributed by atoms with E-state index in [0.29, 0.717) is 6.04 Å². The molecule has 0 aliphatic carbocycles. The van der Waals surface area contributed by atoms with Crippen LogP contribution < -0.4 is 5.32 Å². The number of hydrogen-bond acceptors (Lipinski definition) is 3. The van der Waals surface area contributed by atoms with Gasteiger partial charge in [0.05, 0.1) is 17.9 Å². The fourth-order valence-electron chi connectivity index (χ4n) is 3.00. The van der Waals surface area contributed by atoms with Gasteiger partial charge in [-0.2, -0.15) is 5.10 Å². The second kappa shape index (κ2) is 7.01. The molecule has 3 rings (SSSR count). The van der Waals surface area contributed by atoms with Gasteiger partial charge in [0.2, 0.25) is 0 Å². The molecule has 0 amide bonds. The van der Waals surface area contributed by atoms with E-state index in [-0.39, 0.29) is 0 Å². The summed E-state index contributed by atoms with van der Waals surface area (Å²) in [4.78, 5) is 4.33. The van der Waals surface area contributed by atoms with Crippen LogP contribution in [0.3, 0.4) is 0 Å². The van der Waals surface area contributed by atoms with Crippen molar-refractivity contribution in [1.82, 2.24) is 24.6 Å². The maximum absolute atomic E-state index is 4.54. The van der Waals surface area contributed by atoms with E-state index in [2.05, 4.69) is 68.8 Å². The molecule has 126 valence electrons. The van der Waals surface area contributed by atoms with Crippen molar-refractivity contribution in [1.29, 1.82) is 0 Å². The summed E-state index contributed by atoms with van der Waals surface area (Å²) in [7, 11) is 0. The van der Waals surface area contributed by atoms with E-state index in [1.807, 2.05) is 26.2 Å². The lowest BCUT2D eigenvalue weighted by atomic mass is 10.1. The zero-order valence-electron chi connectivity index (χ0n) is 14.8. The van der Waals surface area contributed by atoms with Crippen molar-refractivity contribution in [2.24, 2.45) is 0 Å². The molecule has 5 nitrogen and oxygen atoms in total. The third-order valence-electron chi connectivity index (χ3n) is 4.27. The number of hydrogen-bond donors (Lipinski definition) is 1. The first-order valence-electron chi connectivity index (χ1n) is 8.37. The minimum Gasteiger partial charge on any atom is -0.308 e. The number of para-hydroxylation sites is 1. The van der Waals surface area contributed by atoms with Gasteiger partial charge in [-0.1, -0.05) is 18.2 Å². The Morgan fingerprint density at radius 2 is 1.96 bits per heavy atom. The van der Waals surface area contributed by atoms with Gasteiger partial charge >= 0.3 is 0 Å². The standard InChI is InChI=1S/C19H25N5/c1-14-11-16(3)24(22-14)13-15(2)21-12-18-7-5-6-8-19(18)23-10-9-20-17(23)4/h5-11,15,21H,12-13H2,1-4H3/t15-/m0/s1. The average molecular weight is 323 g/mol. The van der Waals surface area contributed by atoms with Crippen molar-refractivity contribution in [3.05, 3.63) is 65.5 Å². The van der Waals surface area contributed by atoms with Gasteiger partial charge in [0, 0.05) is 30.7 Å². The zero-order valence-corrected chi connectivity index (χ0v) is 14.8. The van der Waals surface area contributed by atoms with E-state index in [9.17, 15) is 0 Å². The average Bonchev–Trinajstić information content (AvgIpc) is 3.11. The summed E-state index contributed by atoms with van der Waals surface area (Å²) >= 11 is 0. The van der Waals surface area contributed by atoms with Gasteiger partial charge in [-0.3, -0.25) is 4.68 Å². The molecule has 0 unspecified atom stereocenters. The molecule has 1 aromatic carbocycles. The van der Waals surface area contributed by atoms with Crippen LogP contribution in [-0.4, -0.2) is 25.4 Å². The summed E-state index contributed by atoms with van der Waals surface area (Å²) in [5.74, 6) is 0.998.